The van der Waals surface area contributed by atoms with E-state index in [4.69, 9.17) is 21.1 Å². The number of anilines is 1. The molecule has 2 rings (SSSR count). The van der Waals surface area contributed by atoms with Crippen LogP contribution in [0.5, 0.6) is 11.5 Å². The summed E-state index contributed by atoms with van der Waals surface area (Å²) in [5, 5.41) is 3.25. The number of hydrogen-bond donors (Lipinski definition) is 1. The highest BCUT2D eigenvalue weighted by Gasteiger charge is 2.18. The summed E-state index contributed by atoms with van der Waals surface area (Å²) in [5.74, 6) is 1.37. The SMILES string of the molecule is COc1ccc(NC(=O)[C@@H](C)Oc2cc(C)ccc2C(C)C)cc1Cl. The zero-order chi connectivity index (χ0) is 18.6. The predicted molar refractivity (Wildman–Crippen MR) is 102 cm³/mol. The molecule has 2 aromatic rings. The topological polar surface area (TPSA) is 47.6 Å². The summed E-state index contributed by atoms with van der Waals surface area (Å²) in [4.78, 5) is 12.4. The number of methoxy groups -OCH3 is 1. The van der Waals surface area contributed by atoms with Crippen LogP contribution in [-0.2, 0) is 4.79 Å². The van der Waals surface area contributed by atoms with E-state index >= 15 is 0 Å². The van der Waals surface area contributed by atoms with Crippen LogP contribution in [0.2, 0.25) is 5.02 Å². The molecule has 0 aliphatic heterocycles. The maximum absolute atomic E-state index is 12.4. The number of ether oxygens (including phenoxy) is 2. The van der Waals surface area contributed by atoms with Crippen LogP contribution in [0, 0.1) is 6.92 Å². The third-order valence-corrected chi connectivity index (χ3v) is 4.18. The van der Waals surface area contributed by atoms with Crippen molar-refractivity contribution in [3.05, 3.63) is 52.5 Å². The van der Waals surface area contributed by atoms with E-state index in [0.29, 0.717) is 22.4 Å². The number of hydrogen-bond acceptors (Lipinski definition) is 3. The van der Waals surface area contributed by atoms with E-state index in [1.165, 1.54) is 0 Å². The van der Waals surface area contributed by atoms with E-state index in [1.54, 1.807) is 32.2 Å². The molecule has 0 aromatic heterocycles. The van der Waals surface area contributed by atoms with Crippen molar-refractivity contribution in [1.29, 1.82) is 0 Å². The average molecular weight is 362 g/mol. The lowest BCUT2D eigenvalue weighted by Gasteiger charge is -2.19. The highest BCUT2D eigenvalue weighted by atomic mass is 35.5. The van der Waals surface area contributed by atoms with Gasteiger partial charge in [0.1, 0.15) is 11.5 Å². The molecular weight excluding hydrogens is 338 g/mol. The molecule has 0 bridgehead atoms. The normalized spacial score (nSPS) is 12.0. The van der Waals surface area contributed by atoms with Gasteiger partial charge in [-0.15, -0.1) is 0 Å². The van der Waals surface area contributed by atoms with Gasteiger partial charge in [-0.2, -0.15) is 0 Å². The first-order chi connectivity index (χ1) is 11.8. The summed E-state index contributed by atoms with van der Waals surface area (Å²) < 4.78 is 11.0. The molecule has 134 valence electrons. The van der Waals surface area contributed by atoms with Gasteiger partial charge < -0.3 is 14.8 Å². The van der Waals surface area contributed by atoms with Crippen molar-refractivity contribution in [1.82, 2.24) is 0 Å². The van der Waals surface area contributed by atoms with Crippen LogP contribution in [0.3, 0.4) is 0 Å². The van der Waals surface area contributed by atoms with Gasteiger partial charge >= 0.3 is 0 Å². The fourth-order valence-electron chi connectivity index (χ4n) is 2.45. The van der Waals surface area contributed by atoms with E-state index in [2.05, 4.69) is 19.2 Å². The molecule has 0 unspecified atom stereocenters. The molecule has 0 saturated heterocycles. The highest BCUT2D eigenvalue weighted by Crippen LogP contribution is 2.29. The summed E-state index contributed by atoms with van der Waals surface area (Å²) in [7, 11) is 1.55. The van der Waals surface area contributed by atoms with Crippen LogP contribution in [0.15, 0.2) is 36.4 Å². The van der Waals surface area contributed by atoms with Crippen LogP contribution in [-0.4, -0.2) is 19.1 Å². The quantitative estimate of drug-likeness (QED) is 0.770. The van der Waals surface area contributed by atoms with Crippen molar-refractivity contribution in [3.63, 3.8) is 0 Å². The molecule has 1 N–H and O–H groups in total. The first kappa shape index (κ1) is 19.1. The number of amides is 1. The molecule has 5 heteroatoms. The number of halogens is 1. The monoisotopic (exact) mass is 361 g/mol. The summed E-state index contributed by atoms with van der Waals surface area (Å²) >= 11 is 6.09. The molecule has 25 heavy (non-hydrogen) atoms. The number of benzene rings is 2. The van der Waals surface area contributed by atoms with Crippen molar-refractivity contribution in [2.24, 2.45) is 0 Å². The molecule has 0 aliphatic carbocycles. The van der Waals surface area contributed by atoms with E-state index in [1.807, 2.05) is 25.1 Å². The fourth-order valence-corrected chi connectivity index (χ4v) is 2.71. The first-order valence-electron chi connectivity index (χ1n) is 8.23. The summed E-state index contributed by atoms with van der Waals surface area (Å²) in [6, 6.07) is 11.2. The van der Waals surface area contributed by atoms with Gasteiger partial charge in [0.15, 0.2) is 6.10 Å². The molecule has 4 nitrogen and oxygen atoms in total. The molecule has 0 radical (unpaired) electrons. The Morgan fingerprint density at radius 2 is 1.80 bits per heavy atom. The van der Waals surface area contributed by atoms with Crippen molar-refractivity contribution < 1.29 is 14.3 Å². The Morgan fingerprint density at radius 3 is 2.40 bits per heavy atom. The lowest BCUT2D eigenvalue weighted by atomic mass is 10.0. The van der Waals surface area contributed by atoms with Gasteiger partial charge in [0.25, 0.3) is 5.91 Å². The van der Waals surface area contributed by atoms with Crippen molar-refractivity contribution in [2.45, 2.75) is 39.7 Å². The predicted octanol–water partition coefficient (Wildman–Crippen LogP) is 5.19. The Bertz CT molecular complexity index is 759. The largest absolute Gasteiger partial charge is 0.495 e. The Hall–Kier alpha value is -2.20. The number of carbonyl (C=O) groups excluding carboxylic acids is 1. The Morgan fingerprint density at radius 1 is 1.08 bits per heavy atom. The van der Waals surface area contributed by atoms with Crippen molar-refractivity contribution in [2.75, 3.05) is 12.4 Å². The highest BCUT2D eigenvalue weighted by molar-refractivity contribution is 6.32. The van der Waals surface area contributed by atoms with Gasteiger partial charge in [-0.05, 0) is 55.2 Å². The second kappa shape index (κ2) is 8.26. The second-order valence-corrected chi connectivity index (χ2v) is 6.70. The van der Waals surface area contributed by atoms with Crippen LogP contribution < -0.4 is 14.8 Å². The minimum absolute atomic E-state index is 0.238. The maximum Gasteiger partial charge on any atom is 0.265 e. The van der Waals surface area contributed by atoms with Gasteiger partial charge in [-0.3, -0.25) is 4.79 Å². The number of aryl methyl sites for hydroxylation is 1. The minimum Gasteiger partial charge on any atom is -0.495 e. The Kier molecular flexibility index (Phi) is 6.32. The van der Waals surface area contributed by atoms with E-state index in [-0.39, 0.29) is 5.91 Å². The van der Waals surface area contributed by atoms with Crippen molar-refractivity contribution in [3.8, 4) is 11.5 Å². The maximum atomic E-state index is 12.4. The zero-order valence-electron chi connectivity index (χ0n) is 15.2. The van der Waals surface area contributed by atoms with Gasteiger partial charge in [-0.25, -0.2) is 0 Å². The third-order valence-electron chi connectivity index (χ3n) is 3.88. The molecule has 1 amide bonds. The van der Waals surface area contributed by atoms with Gasteiger partial charge in [0, 0.05) is 5.69 Å². The summed E-state index contributed by atoms with van der Waals surface area (Å²) in [5.41, 5.74) is 2.77. The van der Waals surface area contributed by atoms with E-state index in [0.717, 1.165) is 16.9 Å². The van der Waals surface area contributed by atoms with Gasteiger partial charge in [0.05, 0.1) is 12.1 Å². The van der Waals surface area contributed by atoms with Crippen molar-refractivity contribution >= 4 is 23.2 Å². The number of carbonyl (C=O) groups is 1. The molecule has 2 aromatic carbocycles. The smallest absolute Gasteiger partial charge is 0.265 e. The van der Waals surface area contributed by atoms with Gasteiger partial charge in [0.2, 0.25) is 0 Å². The number of rotatable bonds is 6. The molecule has 0 aliphatic rings. The van der Waals surface area contributed by atoms with Crippen LogP contribution in [0.1, 0.15) is 37.8 Å². The first-order valence-corrected chi connectivity index (χ1v) is 8.61. The van der Waals surface area contributed by atoms with Crippen LogP contribution >= 0.6 is 11.6 Å². The third kappa shape index (κ3) is 4.89. The molecule has 0 saturated carbocycles. The standard InChI is InChI=1S/C20H24ClNO3/c1-12(2)16-8-6-13(3)10-19(16)25-14(4)20(23)22-15-7-9-18(24-5)17(21)11-15/h6-12,14H,1-5H3,(H,22,23)/t14-/m1/s1. The summed E-state index contributed by atoms with van der Waals surface area (Å²) in [6.07, 6.45) is -0.639. The fraction of sp³-hybridized carbons (Fsp3) is 0.350. The minimum atomic E-state index is -0.639. The van der Waals surface area contributed by atoms with Crippen LogP contribution in [0.25, 0.3) is 0 Å². The number of nitrogens with one attached hydrogen (secondary N) is 1. The summed E-state index contributed by atoms with van der Waals surface area (Å²) in [6.45, 7) is 7.93. The molecular formula is C20H24ClNO3. The lowest BCUT2D eigenvalue weighted by Crippen LogP contribution is -2.30. The second-order valence-electron chi connectivity index (χ2n) is 6.29. The van der Waals surface area contributed by atoms with Crippen LogP contribution in [0.4, 0.5) is 5.69 Å². The lowest BCUT2D eigenvalue weighted by molar-refractivity contribution is -0.122. The molecule has 0 heterocycles. The van der Waals surface area contributed by atoms with E-state index in [9.17, 15) is 4.79 Å². The molecule has 0 spiro atoms. The van der Waals surface area contributed by atoms with Gasteiger partial charge in [-0.1, -0.05) is 37.6 Å². The average Bonchev–Trinajstić information content (AvgIpc) is 2.54. The van der Waals surface area contributed by atoms with E-state index < -0.39 is 6.10 Å². The zero-order valence-corrected chi connectivity index (χ0v) is 16.0. The molecule has 0 fully saturated rings. The molecule has 1 atom stereocenters. The Balaban J connectivity index is 2.11. The Labute approximate surface area is 154 Å².